The summed E-state index contributed by atoms with van der Waals surface area (Å²) in [6.45, 7) is 7.68. The SMILES string of the molecule is CCCCCOc1ccc(C2c3c(-c4cc(C)cc(C)c4O)n[nH]c3C(=O)N2CCCOC)cc1OC. The number of aromatic amines is 1. The number of H-pyrrole nitrogens is 1. The summed E-state index contributed by atoms with van der Waals surface area (Å²) in [5, 5.41) is 18.4. The number of carbonyl (C=O) groups is 1. The highest BCUT2D eigenvalue weighted by atomic mass is 16.5. The van der Waals surface area contributed by atoms with E-state index < -0.39 is 6.04 Å². The van der Waals surface area contributed by atoms with E-state index in [1.165, 1.54) is 0 Å². The number of phenols is 1. The topological polar surface area (TPSA) is 96.9 Å². The van der Waals surface area contributed by atoms with Crippen LogP contribution in [-0.4, -0.2) is 60.1 Å². The summed E-state index contributed by atoms with van der Waals surface area (Å²) in [4.78, 5) is 15.4. The Bertz CT molecular complexity index is 1250. The number of hydrogen-bond donors (Lipinski definition) is 2. The van der Waals surface area contributed by atoms with Crippen molar-refractivity contribution in [2.24, 2.45) is 0 Å². The van der Waals surface area contributed by atoms with Crippen LogP contribution in [0.1, 0.15) is 71.4 Å². The number of fused-ring (bicyclic) bond motifs is 1. The summed E-state index contributed by atoms with van der Waals surface area (Å²) >= 11 is 0. The van der Waals surface area contributed by atoms with Crippen molar-refractivity contribution in [3.63, 3.8) is 0 Å². The number of rotatable bonds is 12. The van der Waals surface area contributed by atoms with Crippen LogP contribution in [-0.2, 0) is 4.74 Å². The lowest BCUT2D eigenvalue weighted by atomic mass is 9.94. The van der Waals surface area contributed by atoms with Crippen molar-refractivity contribution in [2.75, 3.05) is 34.0 Å². The largest absolute Gasteiger partial charge is 0.507 e. The summed E-state index contributed by atoms with van der Waals surface area (Å²) < 4.78 is 16.9. The molecule has 1 aliphatic heterocycles. The zero-order chi connectivity index (χ0) is 26.5. The molecular weight excluding hydrogens is 470 g/mol. The molecule has 0 saturated carbocycles. The molecule has 8 heteroatoms. The maximum absolute atomic E-state index is 13.6. The zero-order valence-electron chi connectivity index (χ0n) is 22.4. The standard InChI is InChI=1S/C29H37N3O5/c1-6-7-8-14-37-22-11-10-20(17-23(22)36-5)27-24-25(21-16-18(2)15-19(3)28(21)33)30-31-26(24)29(34)32(27)12-9-13-35-4/h10-11,15-17,27,33H,6-9,12-14H2,1-5H3,(H,30,31). The Labute approximate surface area is 218 Å². The number of nitrogens with one attached hydrogen (secondary N) is 1. The molecule has 2 heterocycles. The van der Waals surface area contributed by atoms with Gasteiger partial charge in [-0.25, -0.2) is 0 Å². The maximum atomic E-state index is 13.6. The predicted octanol–water partition coefficient (Wildman–Crippen LogP) is 5.56. The minimum Gasteiger partial charge on any atom is -0.507 e. The van der Waals surface area contributed by atoms with Crippen LogP contribution in [0.5, 0.6) is 17.2 Å². The first kappa shape index (κ1) is 26.5. The number of phenolic OH excluding ortho intramolecular Hbond substituents is 1. The number of aromatic nitrogens is 2. The van der Waals surface area contributed by atoms with Crippen molar-refractivity contribution in [2.45, 2.75) is 52.5 Å². The summed E-state index contributed by atoms with van der Waals surface area (Å²) in [6.07, 6.45) is 3.90. The van der Waals surface area contributed by atoms with Gasteiger partial charge < -0.3 is 24.2 Å². The molecule has 3 aromatic rings. The Morgan fingerprint density at radius 3 is 2.59 bits per heavy atom. The van der Waals surface area contributed by atoms with Gasteiger partial charge in [-0.05, 0) is 61.6 Å². The quantitative estimate of drug-likeness (QED) is 0.312. The van der Waals surface area contributed by atoms with Gasteiger partial charge in [0.05, 0.1) is 19.8 Å². The lowest BCUT2D eigenvalue weighted by molar-refractivity contribution is 0.0723. The van der Waals surface area contributed by atoms with E-state index in [1.807, 2.05) is 49.1 Å². The third kappa shape index (κ3) is 5.30. The number of ether oxygens (including phenoxy) is 3. The van der Waals surface area contributed by atoms with Crippen molar-refractivity contribution >= 4 is 5.91 Å². The molecule has 2 N–H and O–H groups in total. The Morgan fingerprint density at radius 2 is 1.86 bits per heavy atom. The Kier molecular flexibility index (Phi) is 8.38. The fourth-order valence-corrected chi connectivity index (χ4v) is 5.01. The van der Waals surface area contributed by atoms with Crippen molar-refractivity contribution in [1.29, 1.82) is 0 Å². The third-order valence-corrected chi connectivity index (χ3v) is 6.82. The fourth-order valence-electron chi connectivity index (χ4n) is 5.01. The third-order valence-electron chi connectivity index (χ3n) is 6.82. The van der Waals surface area contributed by atoms with Gasteiger partial charge >= 0.3 is 0 Å². The van der Waals surface area contributed by atoms with Crippen molar-refractivity contribution in [3.05, 3.63) is 58.3 Å². The molecule has 0 aliphatic carbocycles. The van der Waals surface area contributed by atoms with Gasteiger partial charge in [0, 0.05) is 31.4 Å². The van der Waals surface area contributed by atoms with Crippen LogP contribution >= 0.6 is 0 Å². The zero-order valence-corrected chi connectivity index (χ0v) is 22.4. The molecule has 4 rings (SSSR count). The van der Waals surface area contributed by atoms with E-state index in [4.69, 9.17) is 14.2 Å². The van der Waals surface area contributed by atoms with Gasteiger partial charge in [-0.15, -0.1) is 0 Å². The molecule has 2 aromatic carbocycles. The van der Waals surface area contributed by atoms with E-state index in [2.05, 4.69) is 17.1 Å². The average molecular weight is 508 g/mol. The summed E-state index contributed by atoms with van der Waals surface area (Å²) in [5.41, 5.74) is 5.02. The summed E-state index contributed by atoms with van der Waals surface area (Å²) in [6, 6.07) is 9.24. The molecule has 198 valence electrons. The van der Waals surface area contributed by atoms with Gasteiger partial charge in [0.1, 0.15) is 17.1 Å². The molecule has 1 unspecified atom stereocenters. The molecule has 37 heavy (non-hydrogen) atoms. The van der Waals surface area contributed by atoms with Crippen LogP contribution in [0.2, 0.25) is 0 Å². The van der Waals surface area contributed by atoms with E-state index in [9.17, 15) is 9.90 Å². The molecule has 0 radical (unpaired) electrons. The first-order valence-corrected chi connectivity index (χ1v) is 12.9. The highest BCUT2D eigenvalue weighted by Gasteiger charge is 2.42. The van der Waals surface area contributed by atoms with E-state index >= 15 is 0 Å². The van der Waals surface area contributed by atoms with Gasteiger partial charge in [0.15, 0.2) is 11.5 Å². The highest BCUT2D eigenvalue weighted by molar-refractivity contribution is 6.00. The number of amides is 1. The van der Waals surface area contributed by atoms with Crippen LogP contribution < -0.4 is 9.47 Å². The van der Waals surface area contributed by atoms with E-state index in [1.54, 1.807) is 14.2 Å². The summed E-state index contributed by atoms with van der Waals surface area (Å²) in [7, 11) is 3.28. The van der Waals surface area contributed by atoms with Crippen LogP contribution in [0.3, 0.4) is 0 Å². The van der Waals surface area contributed by atoms with Crippen molar-refractivity contribution < 1.29 is 24.1 Å². The molecule has 0 spiro atoms. The molecule has 8 nitrogen and oxygen atoms in total. The maximum Gasteiger partial charge on any atom is 0.273 e. The lowest BCUT2D eigenvalue weighted by Gasteiger charge is -2.27. The van der Waals surface area contributed by atoms with E-state index in [0.717, 1.165) is 41.5 Å². The minimum absolute atomic E-state index is 0.127. The second kappa shape index (κ2) is 11.7. The van der Waals surface area contributed by atoms with Gasteiger partial charge in [-0.2, -0.15) is 5.10 Å². The number of benzene rings is 2. The second-order valence-corrected chi connectivity index (χ2v) is 9.55. The Morgan fingerprint density at radius 1 is 1.05 bits per heavy atom. The molecule has 0 saturated heterocycles. The normalized spacial score (nSPS) is 14.8. The molecule has 1 aromatic heterocycles. The lowest BCUT2D eigenvalue weighted by Crippen LogP contribution is -2.31. The molecule has 0 fully saturated rings. The van der Waals surface area contributed by atoms with Crippen LogP contribution in [0.4, 0.5) is 0 Å². The molecule has 1 aliphatic rings. The number of unbranched alkanes of at least 4 members (excludes halogenated alkanes) is 2. The smallest absolute Gasteiger partial charge is 0.273 e. The highest BCUT2D eigenvalue weighted by Crippen LogP contribution is 2.46. The number of carbonyl (C=O) groups excluding carboxylic acids is 1. The number of aromatic hydroxyl groups is 1. The minimum atomic E-state index is -0.406. The molecule has 1 amide bonds. The van der Waals surface area contributed by atoms with Gasteiger partial charge in [-0.1, -0.05) is 31.9 Å². The van der Waals surface area contributed by atoms with Gasteiger partial charge in [0.2, 0.25) is 0 Å². The second-order valence-electron chi connectivity index (χ2n) is 9.55. The predicted molar refractivity (Wildman–Crippen MR) is 143 cm³/mol. The van der Waals surface area contributed by atoms with E-state index in [-0.39, 0.29) is 11.7 Å². The number of aryl methyl sites for hydroxylation is 2. The fraction of sp³-hybridized carbons (Fsp3) is 0.448. The summed E-state index contributed by atoms with van der Waals surface area (Å²) in [5.74, 6) is 1.33. The average Bonchev–Trinajstić information content (AvgIpc) is 3.43. The molecule has 0 bridgehead atoms. The van der Waals surface area contributed by atoms with Gasteiger partial charge in [0.25, 0.3) is 5.91 Å². The molecule has 1 atom stereocenters. The van der Waals surface area contributed by atoms with Crippen LogP contribution in [0.15, 0.2) is 30.3 Å². The van der Waals surface area contributed by atoms with E-state index in [0.29, 0.717) is 54.6 Å². The Hall–Kier alpha value is -3.52. The molecular formula is C29H37N3O5. The van der Waals surface area contributed by atoms with Crippen molar-refractivity contribution in [1.82, 2.24) is 15.1 Å². The first-order valence-electron chi connectivity index (χ1n) is 12.9. The van der Waals surface area contributed by atoms with Gasteiger partial charge in [-0.3, -0.25) is 9.89 Å². The monoisotopic (exact) mass is 507 g/mol. The van der Waals surface area contributed by atoms with Crippen LogP contribution in [0.25, 0.3) is 11.3 Å². The van der Waals surface area contributed by atoms with Crippen LogP contribution in [0, 0.1) is 13.8 Å². The number of methoxy groups -OCH3 is 2. The Balaban J connectivity index is 1.79. The first-order chi connectivity index (χ1) is 17.9. The number of hydrogen-bond acceptors (Lipinski definition) is 6. The van der Waals surface area contributed by atoms with Crippen molar-refractivity contribution in [3.8, 4) is 28.5 Å². The number of nitrogens with zero attached hydrogens (tertiary/aromatic N) is 2.